The summed E-state index contributed by atoms with van der Waals surface area (Å²) in [4.78, 5) is 27.4. The van der Waals surface area contributed by atoms with Gasteiger partial charge in [0.2, 0.25) is 16.5 Å². The molecule has 0 radical (unpaired) electrons. The van der Waals surface area contributed by atoms with E-state index < -0.39 is 0 Å². The molecule has 0 saturated heterocycles. The van der Waals surface area contributed by atoms with Crippen LogP contribution in [-0.4, -0.2) is 17.3 Å². The molecule has 0 aliphatic carbocycles. The Hall–Kier alpha value is -1.71. The fourth-order valence-electron chi connectivity index (χ4n) is 1.33. The maximum absolute atomic E-state index is 11.3. The molecular weight excluding hydrogens is 170 g/mol. The fourth-order valence-corrected chi connectivity index (χ4v) is 1.33. The monoisotopic (exact) mass is 178 g/mol. The van der Waals surface area contributed by atoms with Gasteiger partial charge in [0.25, 0.3) is 0 Å². The van der Waals surface area contributed by atoms with Crippen molar-refractivity contribution in [2.24, 2.45) is 0 Å². The molecule has 1 aromatic rings. The van der Waals surface area contributed by atoms with E-state index in [2.05, 4.69) is 0 Å². The molecule has 4 nitrogen and oxygen atoms in total. The Morgan fingerprint density at radius 2 is 2.23 bits per heavy atom. The summed E-state index contributed by atoms with van der Waals surface area (Å²) in [6.07, 6.45) is 0. The van der Waals surface area contributed by atoms with Crippen molar-refractivity contribution in [1.29, 1.82) is 0 Å². The highest BCUT2D eigenvalue weighted by molar-refractivity contribution is 6.00. The largest absolute Gasteiger partial charge is 0.310 e. The molecule has 1 aliphatic heterocycles. The molecule has 0 spiro atoms. The van der Waals surface area contributed by atoms with Crippen molar-refractivity contribution in [2.75, 3.05) is 6.54 Å². The summed E-state index contributed by atoms with van der Waals surface area (Å²) in [6.45, 7) is 1.57. The van der Waals surface area contributed by atoms with Gasteiger partial charge in [-0.3, -0.25) is 4.79 Å². The molecule has 0 bridgehead atoms. The van der Waals surface area contributed by atoms with Crippen LogP contribution in [0.1, 0.15) is 15.9 Å². The van der Waals surface area contributed by atoms with E-state index in [1.54, 1.807) is 25.1 Å². The predicted molar refractivity (Wildman–Crippen MR) is 44.6 cm³/mol. The quantitative estimate of drug-likeness (QED) is 0.600. The Balaban J connectivity index is 2.61. The molecule has 0 saturated carbocycles. The van der Waals surface area contributed by atoms with E-state index >= 15 is 0 Å². The van der Waals surface area contributed by atoms with E-state index in [0.717, 1.165) is 5.56 Å². The molecule has 0 unspecified atom stereocenters. The topological polar surface area (TPSA) is 46.4 Å². The predicted octanol–water partition coefficient (Wildman–Crippen LogP) is 1.26. The maximum Gasteiger partial charge on any atom is 0.310 e. The summed E-state index contributed by atoms with van der Waals surface area (Å²) >= 11 is 0. The number of nitrogens with zero attached hydrogens (tertiary/aromatic N) is 1. The van der Waals surface area contributed by atoms with Gasteiger partial charge < -0.3 is 0 Å². The van der Waals surface area contributed by atoms with Crippen molar-refractivity contribution in [3.8, 4) is 5.75 Å². The zero-order valence-corrected chi connectivity index (χ0v) is 7.11. The van der Waals surface area contributed by atoms with E-state index in [1.807, 2.05) is 0 Å². The van der Waals surface area contributed by atoms with Crippen molar-refractivity contribution in [2.45, 2.75) is 6.92 Å². The Morgan fingerprint density at radius 1 is 1.46 bits per heavy atom. The average Bonchev–Trinajstić information content (AvgIpc) is 2.07. The molecule has 1 aliphatic rings. The van der Waals surface area contributed by atoms with Gasteiger partial charge in [0.15, 0.2) is 0 Å². The lowest BCUT2D eigenvalue weighted by atomic mass is 10.1. The molecular formula is C9H8NO3+. The SMILES string of the molecule is Cc1cccc2c1O[N+](=O)CC2=O. The number of ketones is 1. The third-order valence-electron chi connectivity index (χ3n) is 1.98. The summed E-state index contributed by atoms with van der Waals surface area (Å²) in [6, 6.07) is 5.23. The molecule has 4 heteroatoms. The van der Waals surface area contributed by atoms with Gasteiger partial charge in [-0.2, -0.15) is 4.84 Å². The number of benzene rings is 1. The molecule has 2 rings (SSSR count). The number of para-hydroxylation sites is 1. The summed E-state index contributed by atoms with van der Waals surface area (Å²) < 4.78 is 0. The minimum atomic E-state index is -0.226. The van der Waals surface area contributed by atoms with Crippen LogP contribution < -0.4 is 4.84 Å². The van der Waals surface area contributed by atoms with Gasteiger partial charge in [-0.15, -0.1) is 0 Å². The van der Waals surface area contributed by atoms with Gasteiger partial charge in [-0.1, -0.05) is 12.1 Å². The van der Waals surface area contributed by atoms with Gasteiger partial charge in [0, 0.05) is 0 Å². The van der Waals surface area contributed by atoms with Gasteiger partial charge in [0.1, 0.15) is 0 Å². The lowest BCUT2D eigenvalue weighted by Crippen LogP contribution is -2.28. The summed E-state index contributed by atoms with van der Waals surface area (Å²) in [5.41, 5.74) is 1.29. The van der Waals surface area contributed by atoms with E-state index in [9.17, 15) is 9.70 Å². The first-order chi connectivity index (χ1) is 6.18. The van der Waals surface area contributed by atoms with Crippen molar-refractivity contribution in [3.63, 3.8) is 0 Å². The average molecular weight is 178 g/mol. The van der Waals surface area contributed by atoms with Gasteiger partial charge in [-0.05, 0) is 18.6 Å². The zero-order chi connectivity index (χ0) is 9.42. The van der Waals surface area contributed by atoms with Crippen LogP contribution in [0.4, 0.5) is 0 Å². The summed E-state index contributed by atoms with van der Waals surface area (Å²) in [5.74, 6) is 0.189. The highest BCUT2D eigenvalue weighted by Crippen LogP contribution is 2.26. The van der Waals surface area contributed by atoms with Crippen molar-refractivity contribution in [1.82, 2.24) is 0 Å². The second kappa shape index (κ2) is 2.65. The minimum absolute atomic E-state index is 0.194. The number of hydrogen-bond acceptors (Lipinski definition) is 3. The third kappa shape index (κ3) is 1.20. The Labute approximate surface area is 74.7 Å². The summed E-state index contributed by atoms with van der Waals surface area (Å²) in [5, 5.41) is 0. The Kier molecular flexibility index (Phi) is 1.62. The van der Waals surface area contributed by atoms with Crippen LogP contribution in [0.5, 0.6) is 5.75 Å². The third-order valence-corrected chi connectivity index (χ3v) is 1.98. The molecule has 0 N–H and O–H groups in total. The van der Waals surface area contributed by atoms with Gasteiger partial charge in [0.05, 0.1) is 10.5 Å². The summed E-state index contributed by atoms with van der Waals surface area (Å²) in [7, 11) is 0. The standard InChI is InChI=1S/C9H8NO3/c1-6-3-2-4-7-8(11)5-10(12)13-9(6)7/h2-4H,5H2,1H3/q+1. The molecule has 0 amide bonds. The maximum atomic E-state index is 11.3. The van der Waals surface area contributed by atoms with Crippen LogP contribution in [0.25, 0.3) is 0 Å². The highest BCUT2D eigenvalue weighted by atomic mass is 16.8. The number of aryl methyl sites for hydroxylation is 1. The number of fused-ring (bicyclic) bond motifs is 1. The first-order valence-corrected chi connectivity index (χ1v) is 3.94. The lowest BCUT2D eigenvalue weighted by Gasteiger charge is -2.08. The minimum Gasteiger partial charge on any atom is -0.286 e. The van der Waals surface area contributed by atoms with E-state index in [1.165, 1.54) is 0 Å². The van der Waals surface area contributed by atoms with Crippen LogP contribution in [-0.2, 0) is 0 Å². The molecule has 0 aromatic heterocycles. The van der Waals surface area contributed by atoms with Crippen LogP contribution >= 0.6 is 0 Å². The second-order valence-electron chi connectivity index (χ2n) is 2.96. The van der Waals surface area contributed by atoms with E-state index in [4.69, 9.17) is 4.84 Å². The number of carbonyl (C=O) groups excluding carboxylic acids is 1. The van der Waals surface area contributed by atoms with Gasteiger partial charge >= 0.3 is 6.54 Å². The smallest absolute Gasteiger partial charge is 0.286 e. The van der Waals surface area contributed by atoms with Crippen molar-refractivity contribution < 1.29 is 14.6 Å². The number of carbonyl (C=O) groups is 1. The van der Waals surface area contributed by atoms with Crippen molar-refractivity contribution in [3.05, 3.63) is 34.2 Å². The highest BCUT2D eigenvalue weighted by Gasteiger charge is 2.32. The number of hydrogen-bond donors (Lipinski definition) is 0. The second-order valence-corrected chi connectivity index (χ2v) is 2.96. The normalized spacial score (nSPS) is 15.2. The molecule has 0 atom stereocenters. The van der Waals surface area contributed by atoms with Crippen LogP contribution in [0, 0.1) is 11.8 Å². The Bertz CT molecular complexity index is 398. The van der Waals surface area contributed by atoms with Crippen LogP contribution in [0.2, 0.25) is 0 Å². The molecule has 13 heavy (non-hydrogen) atoms. The lowest BCUT2D eigenvalue weighted by molar-refractivity contribution is -0.754. The number of Topliss-reactive ketones (excluding diaryl/α,β-unsaturated/α-hetero) is 1. The van der Waals surface area contributed by atoms with Gasteiger partial charge in [-0.25, -0.2) is 0 Å². The van der Waals surface area contributed by atoms with E-state index in [0.29, 0.717) is 16.2 Å². The van der Waals surface area contributed by atoms with Crippen molar-refractivity contribution >= 4 is 5.78 Å². The van der Waals surface area contributed by atoms with E-state index in [-0.39, 0.29) is 12.3 Å². The first kappa shape index (κ1) is 7.91. The fraction of sp³-hybridized carbons (Fsp3) is 0.222. The van der Waals surface area contributed by atoms with Crippen LogP contribution in [0.15, 0.2) is 18.2 Å². The molecule has 1 aromatic carbocycles. The molecule has 1 heterocycles. The van der Waals surface area contributed by atoms with Crippen LogP contribution in [0.3, 0.4) is 0 Å². The number of rotatable bonds is 0. The molecule has 0 fully saturated rings. The first-order valence-electron chi connectivity index (χ1n) is 3.94. The Morgan fingerprint density at radius 3 is 3.00 bits per heavy atom. The zero-order valence-electron chi connectivity index (χ0n) is 7.11. The molecule has 66 valence electrons.